The molecule has 0 aromatic heterocycles. The van der Waals surface area contributed by atoms with Gasteiger partial charge in [0.25, 0.3) is 0 Å². The molecule has 0 fully saturated rings. The highest BCUT2D eigenvalue weighted by molar-refractivity contribution is 5.75. The second-order valence-corrected chi connectivity index (χ2v) is 3.50. The Morgan fingerprint density at radius 2 is 2.00 bits per heavy atom. The predicted octanol–water partition coefficient (Wildman–Crippen LogP) is 0.596. The summed E-state index contributed by atoms with van der Waals surface area (Å²) < 4.78 is 0. The average molecular weight is 198 g/mol. The zero-order valence-electron chi connectivity index (χ0n) is 9.21. The molecular weight excluding hydrogens is 176 g/mol. The molecule has 0 atom stereocenters. The summed E-state index contributed by atoms with van der Waals surface area (Å²) in [6, 6.07) is 0. The number of nitrogens with one attached hydrogen (secondary N) is 1. The smallest absolute Gasteiger partial charge is 0.185 e. The maximum absolute atomic E-state index is 5.19. The normalized spacial score (nSPS) is 9.57. The van der Waals surface area contributed by atoms with Gasteiger partial charge in [0, 0.05) is 13.1 Å². The van der Waals surface area contributed by atoms with E-state index in [0.29, 0.717) is 0 Å². The molecule has 4 heteroatoms. The van der Waals surface area contributed by atoms with Crippen LogP contribution >= 0.6 is 0 Å². The number of nitrogens with two attached hydrogens (primary N) is 2. The van der Waals surface area contributed by atoms with E-state index in [1.165, 1.54) is 5.57 Å². The number of nitrogens with zero attached hydrogens (tertiary/aromatic N) is 1. The minimum Gasteiger partial charge on any atom is -0.370 e. The van der Waals surface area contributed by atoms with Crippen molar-refractivity contribution in [3.63, 3.8) is 0 Å². The van der Waals surface area contributed by atoms with E-state index in [2.05, 4.69) is 30.2 Å². The molecule has 0 aromatic carbocycles. The van der Waals surface area contributed by atoms with Crippen LogP contribution in [0.25, 0.3) is 0 Å². The van der Waals surface area contributed by atoms with E-state index in [9.17, 15) is 0 Å². The fourth-order valence-corrected chi connectivity index (χ4v) is 0.948. The lowest BCUT2D eigenvalue weighted by Crippen LogP contribution is -2.23. The van der Waals surface area contributed by atoms with Crippen LogP contribution in [-0.2, 0) is 0 Å². The van der Waals surface area contributed by atoms with E-state index in [0.717, 1.165) is 32.5 Å². The molecule has 0 spiro atoms. The molecule has 4 nitrogen and oxygen atoms in total. The molecular formula is C10H22N4. The van der Waals surface area contributed by atoms with Gasteiger partial charge in [-0.3, -0.25) is 4.99 Å². The molecule has 0 aromatic rings. The molecule has 82 valence electrons. The van der Waals surface area contributed by atoms with Gasteiger partial charge in [-0.2, -0.15) is 0 Å². The monoisotopic (exact) mass is 198 g/mol. The van der Waals surface area contributed by atoms with E-state index in [1.54, 1.807) is 0 Å². The Bertz CT molecular complexity index is 166. The van der Waals surface area contributed by atoms with Gasteiger partial charge >= 0.3 is 0 Å². The summed E-state index contributed by atoms with van der Waals surface area (Å²) >= 11 is 0. The minimum atomic E-state index is 0.183. The van der Waals surface area contributed by atoms with E-state index < -0.39 is 0 Å². The van der Waals surface area contributed by atoms with E-state index in [4.69, 9.17) is 11.5 Å². The SMILES string of the molecule is CC(C)=CCNCCCCN=C(N)N. The van der Waals surface area contributed by atoms with Crippen LogP contribution in [0.2, 0.25) is 0 Å². The summed E-state index contributed by atoms with van der Waals surface area (Å²) in [5.41, 5.74) is 11.7. The summed E-state index contributed by atoms with van der Waals surface area (Å²) in [5.74, 6) is 0.183. The third kappa shape index (κ3) is 11.0. The Labute approximate surface area is 86.5 Å². The van der Waals surface area contributed by atoms with Crippen molar-refractivity contribution in [3.05, 3.63) is 11.6 Å². The Balaban J connectivity index is 3.15. The van der Waals surface area contributed by atoms with Gasteiger partial charge in [0.15, 0.2) is 5.96 Å². The molecule has 0 radical (unpaired) electrons. The van der Waals surface area contributed by atoms with Crippen molar-refractivity contribution in [2.45, 2.75) is 26.7 Å². The van der Waals surface area contributed by atoms with Crippen molar-refractivity contribution in [1.29, 1.82) is 0 Å². The van der Waals surface area contributed by atoms with Gasteiger partial charge in [-0.15, -0.1) is 0 Å². The average Bonchev–Trinajstić information content (AvgIpc) is 2.08. The van der Waals surface area contributed by atoms with Gasteiger partial charge in [0.05, 0.1) is 0 Å². The maximum atomic E-state index is 5.19. The van der Waals surface area contributed by atoms with Crippen molar-refractivity contribution in [2.24, 2.45) is 16.5 Å². The van der Waals surface area contributed by atoms with E-state index in [-0.39, 0.29) is 5.96 Å². The van der Waals surface area contributed by atoms with Crippen molar-refractivity contribution in [3.8, 4) is 0 Å². The van der Waals surface area contributed by atoms with Crippen molar-refractivity contribution in [1.82, 2.24) is 5.32 Å². The van der Waals surface area contributed by atoms with Crippen molar-refractivity contribution >= 4 is 5.96 Å². The van der Waals surface area contributed by atoms with Gasteiger partial charge in [-0.1, -0.05) is 11.6 Å². The Morgan fingerprint density at radius 1 is 1.29 bits per heavy atom. The molecule has 0 rings (SSSR count). The number of guanidine groups is 1. The van der Waals surface area contributed by atoms with Crippen LogP contribution < -0.4 is 16.8 Å². The summed E-state index contributed by atoms with van der Waals surface area (Å²) in [5, 5.41) is 3.32. The van der Waals surface area contributed by atoms with Crippen LogP contribution in [0.3, 0.4) is 0 Å². The number of allylic oxidation sites excluding steroid dienone is 1. The first-order valence-corrected chi connectivity index (χ1v) is 5.02. The van der Waals surface area contributed by atoms with Crippen LogP contribution in [0.4, 0.5) is 0 Å². The quantitative estimate of drug-likeness (QED) is 0.242. The summed E-state index contributed by atoms with van der Waals surface area (Å²) in [6.07, 6.45) is 4.31. The standard InChI is InChI=1S/C10H22N4/c1-9(2)5-8-13-6-3-4-7-14-10(11)12/h5,13H,3-4,6-8H2,1-2H3,(H4,11,12,14). The van der Waals surface area contributed by atoms with Crippen LogP contribution in [-0.4, -0.2) is 25.6 Å². The molecule has 0 heterocycles. The van der Waals surface area contributed by atoms with E-state index >= 15 is 0 Å². The lowest BCUT2D eigenvalue weighted by Gasteiger charge is -2.00. The van der Waals surface area contributed by atoms with Gasteiger partial charge in [-0.25, -0.2) is 0 Å². The third-order valence-corrected chi connectivity index (χ3v) is 1.71. The second-order valence-electron chi connectivity index (χ2n) is 3.50. The second kappa shape index (κ2) is 8.56. The van der Waals surface area contributed by atoms with Gasteiger partial charge in [0.1, 0.15) is 0 Å². The molecule has 0 aliphatic heterocycles. The predicted molar refractivity (Wildman–Crippen MR) is 62.2 cm³/mol. The summed E-state index contributed by atoms with van der Waals surface area (Å²) in [7, 11) is 0. The fraction of sp³-hybridized carbons (Fsp3) is 0.700. The van der Waals surface area contributed by atoms with Gasteiger partial charge < -0.3 is 16.8 Å². The van der Waals surface area contributed by atoms with Crippen LogP contribution in [0, 0.1) is 0 Å². The van der Waals surface area contributed by atoms with Crippen LogP contribution in [0.5, 0.6) is 0 Å². The highest BCUT2D eigenvalue weighted by atomic mass is 15.0. The molecule has 0 amide bonds. The first-order chi connectivity index (χ1) is 6.63. The zero-order chi connectivity index (χ0) is 10.8. The highest BCUT2D eigenvalue weighted by Gasteiger charge is 1.87. The van der Waals surface area contributed by atoms with E-state index in [1.807, 2.05) is 0 Å². The van der Waals surface area contributed by atoms with Crippen molar-refractivity contribution < 1.29 is 0 Å². The lowest BCUT2D eigenvalue weighted by molar-refractivity contribution is 0.660. The first-order valence-electron chi connectivity index (χ1n) is 5.02. The zero-order valence-corrected chi connectivity index (χ0v) is 9.21. The topological polar surface area (TPSA) is 76.4 Å². The largest absolute Gasteiger partial charge is 0.370 e. The number of rotatable bonds is 7. The summed E-state index contributed by atoms with van der Waals surface area (Å²) in [4.78, 5) is 3.90. The molecule has 0 aliphatic carbocycles. The van der Waals surface area contributed by atoms with Crippen LogP contribution in [0.1, 0.15) is 26.7 Å². The van der Waals surface area contributed by atoms with Crippen molar-refractivity contribution in [2.75, 3.05) is 19.6 Å². The van der Waals surface area contributed by atoms with Gasteiger partial charge in [-0.05, 0) is 33.2 Å². The number of aliphatic imine (C=N–C) groups is 1. The fourth-order valence-electron chi connectivity index (χ4n) is 0.948. The molecule has 5 N–H and O–H groups in total. The maximum Gasteiger partial charge on any atom is 0.185 e. The number of hydrogen-bond donors (Lipinski definition) is 3. The Hall–Kier alpha value is -1.03. The molecule has 14 heavy (non-hydrogen) atoms. The number of unbranched alkanes of at least 4 members (excludes halogenated alkanes) is 1. The Morgan fingerprint density at radius 3 is 2.57 bits per heavy atom. The van der Waals surface area contributed by atoms with Crippen LogP contribution in [0.15, 0.2) is 16.6 Å². The van der Waals surface area contributed by atoms with Gasteiger partial charge in [0.2, 0.25) is 0 Å². The molecule has 0 saturated carbocycles. The molecule has 0 aliphatic rings. The molecule has 0 saturated heterocycles. The molecule has 0 unspecified atom stereocenters. The Kier molecular flexibility index (Phi) is 7.93. The lowest BCUT2D eigenvalue weighted by atomic mass is 10.3. The first kappa shape index (κ1) is 13.0. The number of hydrogen-bond acceptors (Lipinski definition) is 2. The highest BCUT2D eigenvalue weighted by Crippen LogP contribution is 1.88. The third-order valence-electron chi connectivity index (χ3n) is 1.71. The summed E-state index contributed by atoms with van der Waals surface area (Å²) in [6.45, 7) is 6.89. The molecule has 0 bridgehead atoms. The minimum absolute atomic E-state index is 0.183.